The van der Waals surface area contributed by atoms with Crippen molar-refractivity contribution in [2.45, 2.75) is 57.1 Å². The maximum absolute atomic E-state index is 14.5. The molecule has 0 saturated carbocycles. The lowest BCUT2D eigenvalue weighted by Crippen LogP contribution is -2.56. The Labute approximate surface area is 269 Å². The van der Waals surface area contributed by atoms with Gasteiger partial charge >= 0.3 is 0 Å². The van der Waals surface area contributed by atoms with E-state index in [-0.39, 0.29) is 23.5 Å². The molecule has 0 heterocycles. The van der Waals surface area contributed by atoms with Gasteiger partial charge in [0, 0.05) is 23.5 Å². The van der Waals surface area contributed by atoms with Crippen LogP contribution in [0.5, 0.6) is 0 Å². The summed E-state index contributed by atoms with van der Waals surface area (Å²) in [7, 11) is -4.26. The van der Waals surface area contributed by atoms with Crippen molar-refractivity contribution in [3.63, 3.8) is 0 Å². The third-order valence-corrected chi connectivity index (χ3v) is 9.34. The van der Waals surface area contributed by atoms with E-state index >= 15 is 0 Å². The minimum atomic E-state index is -4.26. The van der Waals surface area contributed by atoms with Crippen molar-refractivity contribution in [1.82, 2.24) is 10.2 Å². The fraction of sp³-hybridized carbons (Fsp3) is 0.257. The summed E-state index contributed by atoms with van der Waals surface area (Å²) < 4.78 is 43.1. The molecule has 0 aliphatic heterocycles. The van der Waals surface area contributed by atoms with Crippen LogP contribution in [0.1, 0.15) is 37.5 Å². The van der Waals surface area contributed by atoms with Crippen molar-refractivity contribution in [2.24, 2.45) is 0 Å². The lowest BCUT2D eigenvalue weighted by molar-refractivity contribution is -0.140. The number of benzene rings is 4. The maximum atomic E-state index is 14.5. The Kier molecular flexibility index (Phi) is 10.7. The van der Waals surface area contributed by atoms with Gasteiger partial charge in [0.05, 0.1) is 10.6 Å². The summed E-state index contributed by atoms with van der Waals surface area (Å²) in [5, 5.41) is 3.32. The Balaban J connectivity index is 1.84. The standard InChI is InChI=1S/C35H37ClFN3O4S/c1-25-30(36)16-11-17-31(25)40(45(43,44)29-14-9-6-10-15-29)24-33(41)39(23-27-18-20-28(37)21-19-27)32(34(42)38-35(2,3)4)22-26-12-7-5-8-13-26/h5-21,32H,22-24H2,1-4H3,(H,38,42)/t32-/m1/s1. The lowest BCUT2D eigenvalue weighted by Gasteiger charge is -2.35. The van der Waals surface area contributed by atoms with Gasteiger partial charge < -0.3 is 10.2 Å². The highest BCUT2D eigenvalue weighted by molar-refractivity contribution is 7.92. The van der Waals surface area contributed by atoms with Crippen LogP contribution in [0.4, 0.5) is 10.1 Å². The van der Waals surface area contributed by atoms with Gasteiger partial charge in [-0.25, -0.2) is 12.8 Å². The zero-order chi connectivity index (χ0) is 32.8. The summed E-state index contributed by atoms with van der Waals surface area (Å²) in [5.74, 6) is -1.47. The highest BCUT2D eigenvalue weighted by Crippen LogP contribution is 2.31. The first-order valence-electron chi connectivity index (χ1n) is 14.5. The predicted molar refractivity (Wildman–Crippen MR) is 176 cm³/mol. The van der Waals surface area contributed by atoms with Crippen LogP contribution in [0, 0.1) is 12.7 Å². The molecular weight excluding hydrogens is 613 g/mol. The fourth-order valence-corrected chi connectivity index (χ4v) is 6.55. The van der Waals surface area contributed by atoms with E-state index < -0.39 is 45.8 Å². The number of nitrogens with zero attached hydrogens (tertiary/aromatic N) is 2. The van der Waals surface area contributed by atoms with Crippen LogP contribution < -0.4 is 9.62 Å². The largest absolute Gasteiger partial charge is 0.350 e. The molecule has 236 valence electrons. The molecule has 4 rings (SSSR count). The van der Waals surface area contributed by atoms with E-state index in [9.17, 15) is 22.4 Å². The lowest BCUT2D eigenvalue weighted by atomic mass is 10.0. The smallest absolute Gasteiger partial charge is 0.264 e. The Bertz CT molecular complexity index is 1730. The van der Waals surface area contributed by atoms with Crippen LogP contribution in [0.15, 0.2) is 108 Å². The van der Waals surface area contributed by atoms with E-state index in [0.29, 0.717) is 16.1 Å². The number of amides is 2. The first-order valence-corrected chi connectivity index (χ1v) is 16.3. The van der Waals surface area contributed by atoms with Gasteiger partial charge in [-0.1, -0.05) is 78.3 Å². The average Bonchev–Trinajstić information content (AvgIpc) is 3.00. The Hall–Kier alpha value is -4.21. The first kappa shape index (κ1) is 33.7. The number of anilines is 1. The molecule has 45 heavy (non-hydrogen) atoms. The summed E-state index contributed by atoms with van der Waals surface area (Å²) in [6.45, 7) is 6.52. The Morgan fingerprint density at radius 3 is 2.04 bits per heavy atom. The van der Waals surface area contributed by atoms with E-state index in [1.54, 1.807) is 43.3 Å². The SMILES string of the molecule is Cc1c(Cl)cccc1N(CC(=O)N(Cc1ccc(F)cc1)[C@H](Cc1ccccc1)C(=O)NC(C)(C)C)S(=O)(=O)c1ccccc1. The van der Waals surface area contributed by atoms with Gasteiger partial charge in [0.25, 0.3) is 10.0 Å². The van der Waals surface area contributed by atoms with E-state index in [4.69, 9.17) is 11.6 Å². The molecule has 0 spiro atoms. The first-order chi connectivity index (χ1) is 21.3. The van der Waals surface area contributed by atoms with E-state index in [2.05, 4.69) is 5.32 Å². The third kappa shape index (κ3) is 8.71. The molecule has 0 fully saturated rings. The zero-order valence-corrected chi connectivity index (χ0v) is 27.3. The monoisotopic (exact) mass is 649 g/mol. The van der Waals surface area contributed by atoms with Crippen molar-refractivity contribution in [3.05, 3.63) is 131 Å². The van der Waals surface area contributed by atoms with Crippen LogP contribution in [0.25, 0.3) is 0 Å². The van der Waals surface area contributed by atoms with E-state index in [1.165, 1.54) is 41.3 Å². The van der Waals surface area contributed by atoms with E-state index in [0.717, 1.165) is 9.87 Å². The van der Waals surface area contributed by atoms with Crippen LogP contribution in [-0.2, 0) is 32.6 Å². The summed E-state index contributed by atoms with van der Waals surface area (Å²) in [5.41, 5.74) is 1.48. The topological polar surface area (TPSA) is 86.8 Å². The van der Waals surface area contributed by atoms with Crippen molar-refractivity contribution >= 4 is 39.1 Å². The van der Waals surface area contributed by atoms with Crippen molar-refractivity contribution < 1.29 is 22.4 Å². The highest BCUT2D eigenvalue weighted by atomic mass is 35.5. The molecule has 0 unspecified atom stereocenters. The van der Waals surface area contributed by atoms with Gasteiger partial charge in [0.1, 0.15) is 18.4 Å². The van der Waals surface area contributed by atoms with Gasteiger partial charge in [-0.3, -0.25) is 13.9 Å². The van der Waals surface area contributed by atoms with Crippen molar-refractivity contribution in [1.29, 1.82) is 0 Å². The van der Waals surface area contributed by atoms with Crippen molar-refractivity contribution in [2.75, 3.05) is 10.8 Å². The molecule has 0 aliphatic carbocycles. The van der Waals surface area contributed by atoms with Gasteiger partial charge in [-0.15, -0.1) is 0 Å². The fourth-order valence-electron chi connectivity index (χ4n) is 4.89. The summed E-state index contributed by atoms with van der Waals surface area (Å²) in [6, 6.07) is 26.5. The van der Waals surface area contributed by atoms with Crippen LogP contribution in [0.3, 0.4) is 0 Å². The van der Waals surface area contributed by atoms with Gasteiger partial charge in [-0.05, 0) is 80.8 Å². The Morgan fingerprint density at radius 1 is 0.844 bits per heavy atom. The Morgan fingerprint density at radius 2 is 1.44 bits per heavy atom. The number of hydrogen-bond donors (Lipinski definition) is 1. The van der Waals surface area contributed by atoms with Gasteiger partial charge in [0.2, 0.25) is 11.8 Å². The molecule has 1 N–H and O–H groups in total. The molecule has 0 radical (unpaired) electrons. The number of hydrogen-bond acceptors (Lipinski definition) is 4. The number of carbonyl (C=O) groups excluding carboxylic acids is 2. The molecule has 7 nitrogen and oxygen atoms in total. The molecule has 0 saturated heterocycles. The molecule has 2 amide bonds. The summed E-state index contributed by atoms with van der Waals surface area (Å²) in [4.78, 5) is 29.8. The molecule has 0 aliphatic rings. The number of carbonyl (C=O) groups is 2. The normalized spacial score (nSPS) is 12.3. The molecule has 0 bridgehead atoms. The third-order valence-electron chi connectivity index (χ3n) is 7.15. The van der Waals surface area contributed by atoms with Crippen LogP contribution in [0.2, 0.25) is 5.02 Å². The molecule has 0 aromatic heterocycles. The van der Waals surface area contributed by atoms with Gasteiger partial charge in [-0.2, -0.15) is 0 Å². The average molecular weight is 650 g/mol. The number of nitrogens with one attached hydrogen (secondary N) is 1. The second-order valence-electron chi connectivity index (χ2n) is 11.8. The molecule has 10 heteroatoms. The minimum Gasteiger partial charge on any atom is -0.350 e. The number of rotatable bonds is 11. The minimum absolute atomic E-state index is 0.00595. The second kappa shape index (κ2) is 14.3. The molecular formula is C35H37ClFN3O4S. The number of sulfonamides is 1. The summed E-state index contributed by atoms with van der Waals surface area (Å²) >= 11 is 6.42. The highest BCUT2D eigenvalue weighted by Gasteiger charge is 2.36. The van der Waals surface area contributed by atoms with E-state index in [1.807, 2.05) is 51.1 Å². The molecule has 4 aromatic rings. The van der Waals surface area contributed by atoms with Crippen molar-refractivity contribution in [3.8, 4) is 0 Å². The zero-order valence-electron chi connectivity index (χ0n) is 25.7. The van der Waals surface area contributed by atoms with Crippen LogP contribution in [-0.4, -0.2) is 43.3 Å². The summed E-state index contributed by atoms with van der Waals surface area (Å²) in [6.07, 6.45) is 0.164. The van der Waals surface area contributed by atoms with Gasteiger partial charge in [0.15, 0.2) is 0 Å². The van der Waals surface area contributed by atoms with Crippen LogP contribution >= 0.6 is 11.6 Å². The second-order valence-corrected chi connectivity index (χ2v) is 14.1. The predicted octanol–water partition coefficient (Wildman–Crippen LogP) is 6.54. The number of halogens is 2. The quantitative estimate of drug-likeness (QED) is 0.200. The molecule has 1 atom stereocenters. The molecule has 4 aromatic carbocycles. The maximum Gasteiger partial charge on any atom is 0.264 e.